The largest absolute Gasteiger partial charge is 0.456 e. The number of likely N-dealkylation sites (tertiary alicyclic amines) is 1. The number of unbranched alkanes of at least 4 members (excludes halogenated alkanes) is 1. The van der Waals surface area contributed by atoms with Crippen molar-refractivity contribution < 1.29 is 38.0 Å². The van der Waals surface area contributed by atoms with E-state index in [1.165, 1.54) is 0 Å². The lowest BCUT2D eigenvalue weighted by atomic mass is 9.90. The Kier molecular flexibility index (Phi) is 13.8. The van der Waals surface area contributed by atoms with Crippen LogP contribution >= 0.6 is 0 Å². The Bertz CT molecular complexity index is 2260. The molecule has 14 nitrogen and oxygen atoms in total. The van der Waals surface area contributed by atoms with Gasteiger partial charge in [-0.2, -0.15) is 0 Å². The van der Waals surface area contributed by atoms with Gasteiger partial charge in [0.1, 0.15) is 36.5 Å². The van der Waals surface area contributed by atoms with Crippen molar-refractivity contribution in [3.05, 3.63) is 71.6 Å². The van der Waals surface area contributed by atoms with Crippen LogP contribution in [0.5, 0.6) is 0 Å². The van der Waals surface area contributed by atoms with Gasteiger partial charge in [-0.15, -0.1) is 5.06 Å². The number of benzene rings is 3. The third-order valence-corrected chi connectivity index (χ3v) is 11.2. The molecule has 3 heterocycles. The Morgan fingerprint density at radius 1 is 0.915 bits per heavy atom. The monoisotopic (exact) mass is 807 g/mol. The third-order valence-electron chi connectivity index (χ3n) is 11.2. The van der Waals surface area contributed by atoms with E-state index in [-0.39, 0.29) is 31.7 Å². The SMILES string of the molecule is CCN(CC)c1ccc2c(-c3ccccc3C(=O)N3CCCC3C(=O)NC(C)C(=O)NCCCCC(=O)ON3C(=O)CCC3=O)c3ccc(=[N+](CC)CC)cc-3oc2c1. The maximum Gasteiger partial charge on any atom is 0.333 e. The summed E-state index contributed by atoms with van der Waals surface area (Å²) in [7, 11) is 0. The van der Waals surface area contributed by atoms with Crippen molar-refractivity contribution in [2.75, 3.05) is 44.2 Å². The number of rotatable bonds is 16. The molecule has 6 rings (SSSR count). The molecule has 312 valence electrons. The molecule has 2 atom stereocenters. The molecule has 1 aliphatic carbocycles. The van der Waals surface area contributed by atoms with Crippen LogP contribution in [0.15, 0.2) is 65.1 Å². The zero-order valence-electron chi connectivity index (χ0n) is 34.7. The van der Waals surface area contributed by atoms with Gasteiger partial charge in [-0.1, -0.05) is 18.2 Å². The summed E-state index contributed by atoms with van der Waals surface area (Å²) in [5.74, 6) is -2.16. The van der Waals surface area contributed by atoms with Crippen LogP contribution in [-0.4, -0.2) is 96.8 Å². The van der Waals surface area contributed by atoms with Crippen molar-refractivity contribution in [3.8, 4) is 22.5 Å². The molecule has 2 N–H and O–H groups in total. The number of carbonyl (C=O) groups excluding carboxylic acids is 6. The highest BCUT2D eigenvalue weighted by Gasteiger charge is 2.37. The lowest BCUT2D eigenvalue weighted by Gasteiger charge is -2.27. The van der Waals surface area contributed by atoms with Crippen LogP contribution in [0.25, 0.3) is 33.4 Å². The van der Waals surface area contributed by atoms with Gasteiger partial charge in [0, 0.05) is 85.3 Å². The van der Waals surface area contributed by atoms with E-state index in [1.807, 2.05) is 24.3 Å². The third kappa shape index (κ3) is 9.32. The Hall–Kier alpha value is -6.05. The van der Waals surface area contributed by atoms with Crippen molar-refractivity contribution in [2.45, 2.75) is 91.6 Å². The zero-order valence-corrected chi connectivity index (χ0v) is 34.7. The van der Waals surface area contributed by atoms with E-state index in [0.717, 1.165) is 59.3 Å². The second-order valence-corrected chi connectivity index (χ2v) is 14.9. The number of imide groups is 1. The molecule has 0 aromatic heterocycles. The van der Waals surface area contributed by atoms with E-state index in [9.17, 15) is 28.8 Å². The molecule has 0 saturated carbocycles. The fourth-order valence-corrected chi connectivity index (χ4v) is 7.99. The number of amides is 5. The van der Waals surface area contributed by atoms with Crippen molar-refractivity contribution in [3.63, 3.8) is 0 Å². The lowest BCUT2D eigenvalue weighted by molar-refractivity contribution is -0.197. The van der Waals surface area contributed by atoms with Crippen molar-refractivity contribution in [1.29, 1.82) is 0 Å². The van der Waals surface area contributed by atoms with Gasteiger partial charge < -0.3 is 29.7 Å². The summed E-state index contributed by atoms with van der Waals surface area (Å²) in [6.45, 7) is 14.1. The average molecular weight is 808 g/mol. The van der Waals surface area contributed by atoms with Gasteiger partial charge in [-0.05, 0) is 90.1 Å². The minimum Gasteiger partial charge on any atom is -0.456 e. The molecule has 59 heavy (non-hydrogen) atoms. The van der Waals surface area contributed by atoms with Crippen LogP contribution in [0.1, 0.15) is 89.9 Å². The van der Waals surface area contributed by atoms with Gasteiger partial charge in [0.15, 0.2) is 0 Å². The summed E-state index contributed by atoms with van der Waals surface area (Å²) in [6, 6.07) is 18.3. The highest BCUT2D eigenvalue weighted by atomic mass is 16.7. The predicted molar refractivity (Wildman–Crippen MR) is 224 cm³/mol. The van der Waals surface area contributed by atoms with Gasteiger partial charge in [-0.25, -0.2) is 9.37 Å². The number of hydrogen-bond donors (Lipinski definition) is 2. The van der Waals surface area contributed by atoms with Crippen molar-refractivity contribution in [1.82, 2.24) is 25.2 Å². The van der Waals surface area contributed by atoms with E-state index in [0.29, 0.717) is 54.2 Å². The highest BCUT2D eigenvalue weighted by Crippen LogP contribution is 2.42. The Morgan fingerprint density at radius 3 is 2.36 bits per heavy atom. The number of nitrogens with zero attached hydrogens (tertiary/aromatic N) is 4. The fraction of sp³-hybridized carbons (Fsp3) is 0.444. The second kappa shape index (κ2) is 19.1. The molecule has 5 amide bonds. The molecule has 4 aliphatic rings. The average Bonchev–Trinajstić information content (AvgIpc) is 3.86. The summed E-state index contributed by atoms with van der Waals surface area (Å²) in [6.07, 6.45) is 1.89. The van der Waals surface area contributed by atoms with Gasteiger partial charge in [0.2, 0.25) is 17.2 Å². The molecule has 14 heteroatoms. The number of fused-ring (bicyclic) bond motifs is 2. The number of anilines is 1. The number of hydrogen-bond acceptors (Lipinski definition) is 9. The van der Waals surface area contributed by atoms with E-state index >= 15 is 0 Å². The van der Waals surface area contributed by atoms with Gasteiger partial charge in [0.05, 0.1) is 6.07 Å². The first kappa shape index (κ1) is 42.6. The fourth-order valence-electron chi connectivity index (χ4n) is 7.99. The smallest absolute Gasteiger partial charge is 0.333 e. The maximum atomic E-state index is 14.6. The quantitative estimate of drug-likeness (QED) is 0.0697. The lowest BCUT2D eigenvalue weighted by Crippen LogP contribution is -2.52. The number of hydroxylamine groups is 2. The molecule has 2 aromatic carbocycles. The summed E-state index contributed by atoms with van der Waals surface area (Å²) in [5.41, 5.74) is 4.70. The maximum absolute atomic E-state index is 14.6. The predicted octanol–water partition coefficient (Wildman–Crippen LogP) is 4.87. The molecule has 2 saturated heterocycles. The standard InChI is InChI=1S/C45H54N6O8/c1-6-48(7-2)30-19-21-34-37(27-30)58-38-28-31(49(8-3)9-4)20-22-35(38)42(34)32-15-10-11-16-33(32)45(57)50-26-14-17-36(50)44(56)47-29(5)43(55)46-25-13-12-18-41(54)59-51-39(52)23-24-40(51)53/h10-11,15-16,19-22,27-29,36H,6-9,12-14,17-18,23-26H2,1-5H3,(H-,46,47,55,56)/p+1. The van der Waals surface area contributed by atoms with Crippen LogP contribution in [-0.2, 0) is 28.8 Å². The normalized spacial score (nSPS) is 15.8. The minimum atomic E-state index is -0.877. The first-order valence-corrected chi connectivity index (χ1v) is 20.9. The number of carbonyl (C=O) groups is 6. The van der Waals surface area contributed by atoms with E-state index < -0.39 is 41.7 Å². The molecule has 0 spiro atoms. The molecular weight excluding hydrogens is 753 g/mol. The minimum absolute atomic E-state index is 0.0212. The summed E-state index contributed by atoms with van der Waals surface area (Å²) >= 11 is 0. The van der Waals surface area contributed by atoms with Gasteiger partial charge in [0.25, 0.3) is 17.7 Å². The highest BCUT2D eigenvalue weighted by molar-refractivity contribution is 6.10. The molecule has 2 fully saturated rings. The summed E-state index contributed by atoms with van der Waals surface area (Å²) < 4.78 is 8.94. The van der Waals surface area contributed by atoms with Crippen molar-refractivity contribution >= 4 is 52.2 Å². The van der Waals surface area contributed by atoms with Crippen LogP contribution in [0.4, 0.5) is 5.69 Å². The summed E-state index contributed by atoms with van der Waals surface area (Å²) in [4.78, 5) is 85.4. The molecule has 2 unspecified atom stereocenters. The van der Waals surface area contributed by atoms with Gasteiger partial charge >= 0.3 is 5.97 Å². The number of nitrogens with one attached hydrogen (secondary N) is 2. The molecule has 3 aliphatic heterocycles. The molecule has 2 aromatic rings. The van der Waals surface area contributed by atoms with Crippen LogP contribution in [0.3, 0.4) is 0 Å². The Morgan fingerprint density at radius 2 is 1.64 bits per heavy atom. The zero-order chi connectivity index (χ0) is 42.2. The second-order valence-electron chi connectivity index (χ2n) is 14.9. The Labute approximate surface area is 344 Å². The van der Waals surface area contributed by atoms with Crippen LogP contribution in [0, 0.1) is 0 Å². The van der Waals surface area contributed by atoms with Gasteiger partial charge in [-0.3, -0.25) is 24.0 Å². The van der Waals surface area contributed by atoms with Crippen LogP contribution in [0.2, 0.25) is 0 Å². The van der Waals surface area contributed by atoms with Crippen LogP contribution < -0.4 is 25.5 Å². The van der Waals surface area contributed by atoms with E-state index in [1.54, 1.807) is 11.8 Å². The summed E-state index contributed by atoms with van der Waals surface area (Å²) in [5, 5.41) is 8.00. The molecular formula is C45H55N6O8+. The topological polar surface area (TPSA) is 162 Å². The Balaban J connectivity index is 1.18. The molecule has 0 bridgehead atoms. The van der Waals surface area contributed by atoms with Crippen molar-refractivity contribution in [2.24, 2.45) is 0 Å². The first-order valence-electron chi connectivity index (χ1n) is 20.9. The molecule has 0 radical (unpaired) electrons. The first-order chi connectivity index (χ1) is 28.5. The van der Waals surface area contributed by atoms with E-state index in [2.05, 4.69) is 84.2 Å². The van der Waals surface area contributed by atoms with E-state index in [4.69, 9.17) is 9.25 Å².